The van der Waals surface area contributed by atoms with Crippen LogP contribution in [0.25, 0.3) is 0 Å². The smallest absolute Gasteiger partial charge is 0.326 e. The first-order valence-corrected chi connectivity index (χ1v) is 7.27. The van der Waals surface area contributed by atoms with Crippen molar-refractivity contribution in [2.75, 3.05) is 6.54 Å². The van der Waals surface area contributed by atoms with Gasteiger partial charge >= 0.3 is 12.0 Å². The first-order chi connectivity index (χ1) is 10.1. The molecule has 2 N–H and O–H groups in total. The second-order valence-electron chi connectivity index (χ2n) is 5.36. The fourth-order valence-corrected chi connectivity index (χ4v) is 2.49. The number of aliphatic carboxylic acids is 1. The van der Waals surface area contributed by atoms with Crippen LogP contribution in [0, 0.1) is 6.92 Å². The summed E-state index contributed by atoms with van der Waals surface area (Å²) >= 11 is 0. The van der Waals surface area contributed by atoms with E-state index in [9.17, 15) is 14.7 Å². The molecule has 2 rings (SSSR count). The average molecular weight is 291 g/mol. The highest BCUT2D eigenvalue weighted by molar-refractivity contribution is 5.82. The summed E-state index contributed by atoms with van der Waals surface area (Å²) in [5.74, 6) is -0.927. The number of nitrogens with one attached hydrogen (secondary N) is 1. The van der Waals surface area contributed by atoms with E-state index >= 15 is 0 Å². The Morgan fingerprint density at radius 1 is 1.38 bits per heavy atom. The Kier molecular flexibility index (Phi) is 5.14. The SMILES string of the molecule is Cc1ccc(CNC(=O)N2CCCCCC2C(=O)O)cn1. The van der Waals surface area contributed by atoms with Crippen LogP contribution in [0.1, 0.15) is 36.9 Å². The van der Waals surface area contributed by atoms with Crippen LogP contribution in [0.3, 0.4) is 0 Å². The van der Waals surface area contributed by atoms with Crippen LogP contribution in [0.4, 0.5) is 4.79 Å². The van der Waals surface area contributed by atoms with Crippen molar-refractivity contribution in [3.63, 3.8) is 0 Å². The van der Waals surface area contributed by atoms with Crippen LogP contribution in [-0.2, 0) is 11.3 Å². The van der Waals surface area contributed by atoms with Crippen molar-refractivity contribution in [2.24, 2.45) is 0 Å². The number of likely N-dealkylation sites (tertiary alicyclic amines) is 1. The van der Waals surface area contributed by atoms with Crippen LogP contribution >= 0.6 is 0 Å². The first-order valence-electron chi connectivity index (χ1n) is 7.27. The maximum absolute atomic E-state index is 12.2. The van der Waals surface area contributed by atoms with E-state index in [0.717, 1.165) is 30.5 Å². The number of hydrogen-bond donors (Lipinski definition) is 2. The molecular weight excluding hydrogens is 270 g/mol. The molecule has 1 aromatic rings. The summed E-state index contributed by atoms with van der Waals surface area (Å²) in [4.78, 5) is 29.1. The molecular formula is C15H21N3O3. The molecule has 0 bridgehead atoms. The lowest BCUT2D eigenvalue weighted by atomic mass is 10.1. The third-order valence-corrected chi connectivity index (χ3v) is 3.72. The van der Waals surface area contributed by atoms with E-state index in [2.05, 4.69) is 10.3 Å². The molecule has 1 aromatic heterocycles. The van der Waals surface area contributed by atoms with E-state index in [-0.39, 0.29) is 6.03 Å². The zero-order chi connectivity index (χ0) is 15.2. The minimum atomic E-state index is -0.927. The molecule has 114 valence electrons. The molecule has 1 aliphatic heterocycles. The van der Waals surface area contributed by atoms with Crippen LogP contribution in [0.15, 0.2) is 18.3 Å². The fourth-order valence-electron chi connectivity index (χ4n) is 2.49. The molecule has 2 amide bonds. The molecule has 0 spiro atoms. The van der Waals surface area contributed by atoms with Crippen molar-refractivity contribution < 1.29 is 14.7 Å². The number of carbonyl (C=O) groups excluding carboxylic acids is 1. The highest BCUT2D eigenvalue weighted by Gasteiger charge is 2.30. The van der Waals surface area contributed by atoms with Gasteiger partial charge in [-0.05, 0) is 31.4 Å². The van der Waals surface area contributed by atoms with Gasteiger partial charge in [-0.25, -0.2) is 9.59 Å². The van der Waals surface area contributed by atoms with E-state index in [1.165, 1.54) is 4.90 Å². The van der Waals surface area contributed by atoms with Gasteiger partial charge in [-0.15, -0.1) is 0 Å². The maximum atomic E-state index is 12.2. The Bertz CT molecular complexity index is 501. The molecule has 0 saturated carbocycles. The topological polar surface area (TPSA) is 82.5 Å². The lowest BCUT2D eigenvalue weighted by Gasteiger charge is -2.27. The van der Waals surface area contributed by atoms with E-state index in [4.69, 9.17) is 0 Å². The summed E-state index contributed by atoms with van der Waals surface area (Å²) in [6, 6.07) is 2.75. The predicted octanol–water partition coefficient (Wildman–Crippen LogP) is 1.93. The lowest BCUT2D eigenvalue weighted by Crippen LogP contribution is -2.49. The second kappa shape index (κ2) is 7.06. The number of nitrogens with zero attached hydrogens (tertiary/aromatic N) is 2. The monoisotopic (exact) mass is 291 g/mol. The van der Waals surface area contributed by atoms with Gasteiger partial charge in [0.05, 0.1) is 0 Å². The van der Waals surface area contributed by atoms with Gasteiger partial charge in [0.25, 0.3) is 0 Å². The highest BCUT2D eigenvalue weighted by Crippen LogP contribution is 2.17. The number of pyridine rings is 1. The Morgan fingerprint density at radius 3 is 2.86 bits per heavy atom. The number of carboxylic acids is 1. The largest absolute Gasteiger partial charge is 0.480 e. The van der Waals surface area contributed by atoms with E-state index in [0.29, 0.717) is 19.5 Å². The molecule has 0 radical (unpaired) electrons. The molecule has 21 heavy (non-hydrogen) atoms. The number of carbonyl (C=O) groups is 2. The molecule has 1 fully saturated rings. The third kappa shape index (κ3) is 4.18. The van der Waals surface area contributed by atoms with E-state index < -0.39 is 12.0 Å². The van der Waals surface area contributed by atoms with Crippen molar-refractivity contribution >= 4 is 12.0 Å². The Balaban J connectivity index is 1.96. The van der Waals surface area contributed by atoms with Gasteiger partial charge in [-0.1, -0.05) is 18.9 Å². The van der Waals surface area contributed by atoms with Crippen molar-refractivity contribution in [2.45, 2.75) is 45.2 Å². The summed E-state index contributed by atoms with van der Waals surface area (Å²) < 4.78 is 0. The van der Waals surface area contributed by atoms with Gasteiger partial charge in [0, 0.05) is 25.0 Å². The summed E-state index contributed by atoms with van der Waals surface area (Å²) in [7, 11) is 0. The highest BCUT2D eigenvalue weighted by atomic mass is 16.4. The zero-order valence-electron chi connectivity index (χ0n) is 12.2. The Morgan fingerprint density at radius 2 is 2.19 bits per heavy atom. The minimum Gasteiger partial charge on any atom is -0.480 e. The normalized spacial score (nSPS) is 18.9. The van der Waals surface area contributed by atoms with Gasteiger partial charge < -0.3 is 15.3 Å². The zero-order valence-corrected chi connectivity index (χ0v) is 12.2. The molecule has 0 aromatic carbocycles. The van der Waals surface area contributed by atoms with Crippen molar-refractivity contribution in [3.8, 4) is 0 Å². The van der Waals surface area contributed by atoms with Crippen molar-refractivity contribution in [1.29, 1.82) is 0 Å². The number of carboxylic acid groups (broad SMARTS) is 1. The summed E-state index contributed by atoms with van der Waals surface area (Å²) in [5.41, 5.74) is 1.82. The number of aryl methyl sites for hydroxylation is 1. The van der Waals surface area contributed by atoms with Crippen molar-refractivity contribution in [1.82, 2.24) is 15.2 Å². The lowest BCUT2D eigenvalue weighted by molar-refractivity contribution is -0.142. The van der Waals surface area contributed by atoms with Gasteiger partial charge in [0.1, 0.15) is 6.04 Å². The quantitative estimate of drug-likeness (QED) is 0.891. The molecule has 1 unspecified atom stereocenters. The standard InChI is InChI=1S/C15H21N3O3/c1-11-6-7-12(9-16-11)10-17-15(21)18-8-4-2-3-5-13(18)14(19)20/h6-7,9,13H,2-5,8,10H2,1H3,(H,17,21)(H,19,20). The van der Waals surface area contributed by atoms with Crippen LogP contribution in [0.2, 0.25) is 0 Å². The molecule has 1 atom stereocenters. The first kappa shape index (κ1) is 15.3. The molecule has 6 nitrogen and oxygen atoms in total. The molecule has 2 heterocycles. The van der Waals surface area contributed by atoms with Crippen LogP contribution in [0.5, 0.6) is 0 Å². The van der Waals surface area contributed by atoms with Gasteiger partial charge in [0.15, 0.2) is 0 Å². The average Bonchev–Trinajstić information content (AvgIpc) is 2.72. The van der Waals surface area contributed by atoms with E-state index in [1.54, 1.807) is 6.20 Å². The van der Waals surface area contributed by atoms with Gasteiger partial charge in [-0.2, -0.15) is 0 Å². The number of rotatable bonds is 3. The molecule has 1 aliphatic rings. The number of hydrogen-bond acceptors (Lipinski definition) is 3. The Labute approximate surface area is 124 Å². The minimum absolute atomic E-state index is 0.315. The number of aromatic nitrogens is 1. The van der Waals surface area contributed by atoms with Gasteiger partial charge in [-0.3, -0.25) is 4.98 Å². The van der Waals surface area contributed by atoms with Gasteiger partial charge in [0.2, 0.25) is 0 Å². The van der Waals surface area contributed by atoms with Crippen LogP contribution < -0.4 is 5.32 Å². The summed E-state index contributed by atoms with van der Waals surface area (Å²) in [6.45, 7) is 2.75. The maximum Gasteiger partial charge on any atom is 0.326 e. The number of urea groups is 1. The summed E-state index contributed by atoms with van der Waals surface area (Å²) in [5, 5.41) is 12.1. The summed E-state index contributed by atoms with van der Waals surface area (Å²) in [6.07, 6.45) is 4.91. The predicted molar refractivity (Wildman–Crippen MR) is 77.8 cm³/mol. The van der Waals surface area contributed by atoms with Crippen molar-refractivity contribution in [3.05, 3.63) is 29.6 Å². The van der Waals surface area contributed by atoms with Crippen LogP contribution in [-0.4, -0.2) is 39.6 Å². The fraction of sp³-hybridized carbons (Fsp3) is 0.533. The molecule has 1 saturated heterocycles. The molecule has 6 heteroatoms. The molecule has 0 aliphatic carbocycles. The number of amides is 2. The third-order valence-electron chi connectivity index (χ3n) is 3.72. The second-order valence-corrected chi connectivity index (χ2v) is 5.36. The Hall–Kier alpha value is -2.11. The van der Waals surface area contributed by atoms with E-state index in [1.807, 2.05) is 19.1 Å².